The topological polar surface area (TPSA) is 99.7 Å². The van der Waals surface area contributed by atoms with Crippen LogP contribution in [0.1, 0.15) is 33.5 Å². The monoisotopic (exact) mass is 622 g/mol. The molecule has 0 radical (unpaired) electrons. The summed E-state index contributed by atoms with van der Waals surface area (Å²) in [7, 11) is -4.12. The first-order valence-electron chi connectivity index (χ1n) is 13.5. The van der Waals surface area contributed by atoms with Crippen LogP contribution in [0.15, 0.2) is 77.0 Å². The largest absolute Gasteiger partial charge is 0.369 e. The van der Waals surface area contributed by atoms with Crippen molar-refractivity contribution in [3.63, 3.8) is 0 Å². The first-order valence-corrected chi connectivity index (χ1v) is 16.2. The maximum absolute atomic E-state index is 12.9. The van der Waals surface area contributed by atoms with E-state index in [9.17, 15) is 18.0 Å². The molecular weight excluding hydrogens is 592 g/mol. The number of thiazole rings is 1. The third kappa shape index (κ3) is 7.07. The van der Waals surface area contributed by atoms with Crippen LogP contribution in [0.5, 0.6) is 0 Å². The van der Waals surface area contributed by atoms with Crippen molar-refractivity contribution in [3.05, 3.63) is 99.6 Å². The van der Waals surface area contributed by atoms with Crippen LogP contribution in [0.3, 0.4) is 0 Å². The number of aryl methyl sites for hydroxylation is 1. The second kappa shape index (κ2) is 12.7. The zero-order chi connectivity index (χ0) is 29.9. The highest BCUT2D eigenvalue weighted by molar-refractivity contribution is 7.92. The van der Waals surface area contributed by atoms with Gasteiger partial charge in [-0.1, -0.05) is 48.0 Å². The van der Waals surface area contributed by atoms with Gasteiger partial charge in [0, 0.05) is 49.0 Å². The normalized spacial score (nSPS) is 14.1. The Morgan fingerprint density at radius 1 is 0.952 bits per heavy atom. The predicted molar refractivity (Wildman–Crippen MR) is 167 cm³/mol. The first-order chi connectivity index (χ1) is 20.1. The Morgan fingerprint density at radius 3 is 2.29 bits per heavy atom. The van der Waals surface area contributed by atoms with Crippen LogP contribution in [-0.4, -0.2) is 56.2 Å². The van der Waals surface area contributed by atoms with E-state index in [1.165, 1.54) is 18.1 Å². The molecule has 0 spiro atoms. The van der Waals surface area contributed by atoms with Crippen molar-refractivity contribution in [1.82, 2.24) is 14.6 Å². The lowest BCUT2D eigenvalue weighted by Gasteiger charge is -2.36. The van der Waals surface area contributed by atoms with E-state index in [1.807, 2.05) is 36.4 Å². The first kappa shape index (κ1) is 29.9. The molecule has 1 N–H and O–H groups in total. The molecule has 3 aromatic carbocycles. The van der Waals surface area contributed by atoms with E-state index >= 15 is 0 Å². The Bertz CT molecular complexity index is 1700. The van der Waals surface area contributed by atoms with E-state index in [0.717, 1.165) is 60.3 Å². The van der Waals surface area contributed by atoms with Crippen molar-refractivity contribution in [1.29, 1.82) is 0 Å². The van der Waals surface area contributed by atoms with Crippen molar-refractivity contribution < 1.29 is 18.0 Å². The van der Waals surface area contributed by atoms with Crippen LogP contribution in [0.25, 0.3) is 11.1 Å². The Hall–Kier alpha value is -3.57. The molecule has 218 valence electrons. The Labute approximate surface area is 255 Å². The number of ketones is 1. The molecule has 1 aromatic heterocycles. The van der Waals surface area contributed by atoms with E-state index in [2.05, 4.69) is 43.8 Å². The summed E-state index contributed by atoms with van der Waals surface area (Å²) in [6.07, 6.45) is 0.0569. The smallest absolute Gasteiger partial charge is 0.275 e. The molecule has 0 unspecified atom stereocenters. The molecule has 42 heavy (non-hydrogen) atoms. The summed E-state index contributed by atoms with van der Waals surface area (Å²) in [6, 6.07) is 23.3. The summed E-state index contributed by atoms with van der Waals surface area (Å²) in [5, 5.41) is 1.13. The average Bonchev–Trinajstić information content (AvgIpc) is 3.34. The number of halogens is 1. The van der Waals surface area contributed by atoms with Gasteiger partial charge in [0.1, 0.15) is 10.8 Å². The van der Waals surface area contributed by atoms with Crippen molar-refractivity contribution in [2.75, 3.05) is 31.1 Å². The molecule has 1 fully saturated rings. The molecule has 0 aliphatic carbocycles. The SMILES string of the molecule is CC(=O)Cc1nc(C)c(S(=O)(=O)NC(=O)c2ccc(N3CCN(Cc4ccccc4-c4ccc(Cl)cc4)CC3)cc2)s1. The highest BCUT2D eigenvalue weighted by Crippen LogP contribution is 2.28. The Morgan fingerprint density at radius 2 is 1.62 bits per heavy atom. The molecule has 0 bridgehead atoms. The predicted octanol–water partition coefficient (Wildman–Crippen LogP) is 5.34. The average molecular weight is 623 g/mol. The number of nitrogens with zero attached hydrogens (tertiary/aromatic N) is 3. The number of aromatic nitrogens is 1. The van der Waals surface area contributed by atoms with E-state index in [1.54, 1.807) is 19.1 Å². The van der Waals surface area contributed by atoms with Gasteiger partial charge in [0.05, 0.1) is 12.1 Å². The van der Waals surface area contributed by atoms with Gasteiger partial charge in [-0.25, -0.2) is 18.1 Å². The lowest BCUT2D eigenvalue weighted by atomic mass is 9.99. The number of sulfonamides is 1. The molecule has 11 heteroatoms. The van der Waals surface area contributed by atoms with Gasteiger partial charge in [0.15, 0.2) is 4.21 Å². The fourth-order valence-corrected chi connectivity index (χ4v) is 7.73. The molecule has 0 atom stereocenters. The van der Waals surface area contributed by atoms with E-state index in [4.69, 9.17) is 11.6 Å². The molecule has 1 aliphatic heterocycles. The van der Waals surface area contributed by atoms with Gasteiger partial charge in [-0.15, -0.1) is 11.3 Å². The van der Waals surface area contributed by atoms with E-state index in [0.29, 0.717) is 5.01 Å². The second-order valence-electron chi connectivity index (χ2n) is 10.3. The van der Waals surface area contributed by atoms with E-state index < -0.39 is 15.9 Å². The maximum Gasteiger partial charge on any atom is 0.275 e. The number of amides is 1. The number of carbonyl (C=O) groups is 2. The third-order valence-electron chi connectivity index (χ3n) is 7.10. The number of rotatable bonds is 9. The summed E-state index contributed by atoms with van der Waals surface area (Å²) < 4.78 is 27.8. The zero-order valence-electron chi connectivity index (χ0n) is 23.3. The molecule has 1 aliphatic rings. The zero-order valence-corrected chi connectivity index (χ0v) is 25.7. The van der Waals surface area contributed by atoms with Crippen LogP contribution in [0.4, 0.5) is 5.69 Å². The number of piperazine rings is 1. The lowest BCUT2D eigenvalue weighted by Crippen LogP contribution is -2.46. The minimum absolute atomic E-state index is 0.0569. The molecule has 8 nitrogen and oxygen atoms in total. The number of carbonyl (C=O) groups excluding carboxylic acids is 2. The van der Waals surface area contributed by atoms with Gasteiger partial charge < -0.3 is 4.90 Å². The molecule has 2 heterocycles. The van der Waals surface area contributed by atoms with Crippen molar-refractivity contribution in [2.24, 2.45) is 0 Å². The number of nitrogens with one attached hydrogen (secondary N) is 1. The number of benzene rings is 3. The fraction of sp³-hybridized carbons (Fsp3) is 0.258. The quantitative estimate of drug-likeness (QED) is 0.269. The van der Waals surface area contributed by atoms with Gasteiger partial charge in [-0.2, -0.15) is 0 Å². The summed E-state index contributed by atoms with van der Waals surface area (Å²) in [5.74, 6) is -0.829. The maximum atomic E-state index is 12.9. The van der Waals surface area contributed by atoms with Crippen LogP contribution >= 0.6 is 22.9 Å². The molecule has 1 saturated heterocycles. The summed E-state index contributed by atoms with van der Waals surface area (Å²) >= 11 is 6.99. The second-order valence-corrected chi connectivity index (χ2v) is 13.7. The standard InChI is InChI=1S/C31H31ClN4O4S2/c1-21(37)19-29-33-22(2)31(41-29)42(39,40)34-30(38)24-9-13-27(14-10-24)36-17-15-35(16-18-36)20-25-5-3-4-6-28(25)23-7-11-26(32)12-8-23/h3-14H,15-20H2,1-2H3,(H,34,38). The van der Waals surface area contributed by atoms with Crippen LogP contribution < -0.4 is 9.62 Å². The third-order valence-corrected chi connectivity index (χ3v) is 10.5. The number of hydrogen-bond donors (Lipinski definition) is 1. The van der Waals surface area contributed by atoms with Gasteiger partial charge >= 0.3 is 0 Å². The Balaban J connectivity index is 1.18. The molecular formula is C31H31ClN4O4S2. The highest BCUT2D eigenvalue weighted by Gasteiger charge is 2.25. The number of Topliss-reactive ketones (excluding diaryl/α,β-unsaturated/α-hetero) is 1. The molecule has 0 saturated carbocycles. The van der Waals surface area contributed by atoms with Gasteiger partial charge in [0.25, 0.3) is 15.9 Å². The van der Waals surface area contributed by atoms with Crippen LogP contribution in [0, 0.1) is 6.92 Å². The Kier molecular flexibility index (Phi) is 9.08. The number of hydrogen-bond acceptors (Lipinski definition) is 8. The molecule has 1 amide bonds. The van der Waals surface area contributed by atoms with Crippen molar-refractivity contribution in [3.8, 4) is 11.1 Å². The fourth-order valence-electron chi connectivity index (χ4n) is 5.00. The minimum Gasteiger partial charge on any atom is -0.369 e. The number of anilines is 1. The highest BCUT2D eigenvalue weighted by atomic mass is 35.5. The molecule has 4 aromatic rings. The summed E-state index contributed by atoms with van der Waals surface area (Å²) in [6.45, 7) is 7.23. The van der Waals surface area contributed by atoms with Crippen LogP contribution in [0.2, 0.25) is 5.02 Å². The van der Waals surface area contributed by atoms with Crippen molar-refractivity contribution >= 4 is 50.3 Å². The van der Waals surface area contributed by atoms with Gasteiger partial charge in [-0.3, -0.25) is 14.5 Å². The minimum atomic E-state index is -4.12. The van der Waals surface area contributed by atoms with Crippen molar-refractivity contribution in [2.45, 2.75) is 31.0 Å². The summed E-state index contributed by atoms with van der Waals surface area (Å²) in [4.78, 5) is 33.0. The van der Waals surface area contributed by atoms with Gasteiger partial charge in [0.2, 0.25) is 0 Å². The lowest BCUT2D eigenvalue weighted by molar-refractivity contribution is -0.116. The van der Waals surface area contributed by atoms with Crippen LogP contribution in [-0.2, 0) is 27.8 Å². The van der Waals surface area contributed by atoms with Gasteiger partial charge in [-0.05, 0) is 66.9 Å². The molecule has 5 rings (SSSR count). The van der Waals surface area contributed by atoms with E-state index in [-0.39, 0.29) is 27.7 Å². The summed E-state index contributed by atoms with van der Waals surface area (Å²) in [5.41, 5.74) is 5.09.